The van der Waals surface area contributed by atoms with E-state index in [9.17, 15) is 4.79 Å². The van der Waals surface area contributed by atoms with Crippen molar-refractivity contribution in [2.75, 3.05) is 31.6 Å². The molecule has 0 aliphatic carbocycles. The lowest BCUT2D eigenvalue weighted by Gasteiger charge is -2.24. The molecule has 0 saturated carbocycles. The van der Waals surface area contributed by atoms with Crippen LogP contribution < -0.4 is 5.32 Å². The van der Waals surface area contributed by atoms with Gasteiger partial charge in [0.25, 0.3) is 0 Å². The minimum absolute atomic E-state index is 0.107. The Bertz CT molecular complexity index is 487. The molecule has 1 aliphatic heterocycles. The first-order chi connectivity index (χ1) is 9.72. The normalized spacial score (nSPS) is 17.5. The molecule has 1 aliphatic rings. The zero-order chi connectivity index (χ0) is 14.4. The van der Waals surface area contributed by atoms with Gasteiger partial charge in [0.05, 0.1) is 18.2 Å². The maximum absolute atomic E-state index is 12.2. The first-order valence-corrected chi connectivity index (χ1v) is 6.86. The molecule has 1 aromatic carbocycles. The van der Waals surface area contributed by atoms with Crippen LogP contribution in [0.4, 0.5) is 10.5 Å². The average molecular weight is 273 g/mol. The van der Waals surface area contributed by atoms with Crippen molar-refractivity contribution >= 4 is 11.7 Å². The molecule has 1 atom stereocenters. The van der Waals surface area contributed by atoms with Crippen molar-refractivity contribution in [3.8, 4) is 6.07 Å². The predicted molar refractivity (Wildman–Crippen MR) is 76.3 cm³/mol. The van der Waals surface area contributed by atoms with Crippen molar-refractivity contribution in [1.82, 2.24) is 4.90 Å². The van der Waals surface area contributed by atoms with E-state index >= 15 is 0 Å². The number of benzene rings is 1. The summed E-state index contributed by atoms with van der Waals surface area (Å²) in [6, 6.07) is 8.81. The molecule has 1 saturated heterocycles. The van der Waals surface area contributed by atoms with Crippen molar-refractivity contribution in [3.05, 3.63) is 29.8 Å². The highest BCUT2D eigenvalue weighted by Gasteiger charge is 2.21. The number of ether oxygens (including phenoxy) is 1. The Labute approximate surface area is 119 Å². The number of urea groups is 1. The Morgan fingerprint density at radius 2 is 2.25 bits per heavy atom. The number of carbonyl (C=O) groups is 1. The van der Waals surface area contributed by atoms with Gasteiger partial charge in [-0.05, 0) is 37.6 Å². The van der Waals surface area contributed by atoms with Gasteiger partial charge in [-0.3, -0.25) is 0 Å². The minimum Gasteiger partial charge on any atom is -0.381 e. The number of hydrogen-bond donors (Lipinski definition) is 1. The van der Waals surface area contributed by atoms with Crippen LogP contribution in [-0.4, -0.2) is 37.2 Å². The van der Waals surface area contributed by atoms with Gasteiger partial charge in [0, 0.05) is 31.3 Å². The van der Waals surface area contributed by atoms with E-state index < -0.39 is 0 Å². The summed E-state index contributed by atoms with van der Waals surface area (Å²) in [5.74, 6) is 0.432. The molecule has 1 N–H and O–H groups in total. The maximum Gasteiger partial charge on any atom is 0.321 e. The molecule has 1 heterocycles. The molecule has 0 spiro atoms. The Morgan fingerprint density at radius 1 is 1.50 bits per heavy atom. The van der Waals surface area contributed by atoms with Gasteiger partial charge in [-0.15, -0.1) is 0 Å². The van der Waals surface area contributed by atoms with Crippen LogP contribution in [0.25, 0.3) is 0 Å². The zero-order valence-electron chi connectivity index (χ0n) is 11.6. The Balaban J connectivity index is 1.92. The highest BCUT2D eigenvalue weighted by molar-refractivity contribution is 5.89. The molecule has 5 heteroatoms. The van der Waals surface area contributed by atoms with Crippen molar-refractivity contribution in [2.24, 2.45) is 5.92 Å². The van der Waals surface area contributed by atoms with Crippen LogP contribution in [-0.2, 0) is 4.74 Å². The molecule has 2 rings (SSSR count). The maximum atomic E-state index is 12.2. The molecule has 5 nitrogen and oxygen atoms in total. The Morgan fingerprint density at radius 3 is 2.80 bits per heavy atom. The lowest BCUT2D eigenvalue weighted by atomic mass is 10.1. The fraction of sp³-hybridized carbons (Fsp3) is 0.467. The molecule has 0 radical (unpaired) electrons. The summed E-state index contributed by atoms with van der Waals surface area (Å²) >= 11 is 0. The lowest BCUT2D eigenvalue weighted by Crippen LogP contribution is -2.38. The Hall–Kier alpha value is -2.06. The fourth-order valence-corrected chi connectivity index (χ4v) is 2.23. The number of carbonyl (C=O) groups excluding carboxylic acids is 1. The number of hydrogen-bond acceptors (Lipinski definition) is 3. The standard InChI is InChI=1S/C15H19N3O2/c1-2-18(10-13-7-8-20-11-13)15(19)17-14-5-3-12(9-16)4-6-14/h3-6,13H,2,7-8,10-11H2,1H3,(H,17,19)/t13-/m1/s1. The van der Waals surface area contributed by atoms with E-state index in [0.717, 1.165) is 26.2 Å². The molecule has 2 amide bonds. The van der Waals surface area contributed by atoms with Crippen LogP contribution in [0.3, 0.4) is 0 Å². The summed E-state index contributed by atoms with van der Waals surface area (Å²) in [6.45, 7) is 4.88. The van der Waals surface area contributed by atoms with E-state index in [-0.39, 0.29) is 6.03 Å². The quantitative estimate of drug-likeness (QED) is 0.916. The van der Waals surface area contributed by atoms with Gasteiger partial charge >= 0.3 is 6.03 Å². The van der Waals surface area contributed by atoms with Crippen molar-refractivity contribution < 1.29 is 9.53 Å². The van der Waals surface area contributed by atoms with Gasteiger partial charge in [-0.25, -0.2) is 4.79 Å². The monoisotopic (exact) mass is 273 g/mol. The van der Waals surface area contributed by atoms with E-state index in [1.807, 2.05) is 6.92 Å². The van der Waals surface area contributed by atoms with Crippen LogP contribution in [0.5, 0.6) is 0 Å². The highest BCUT2D eigenvalue weighted by Crippen LogP contribution is 2.15. The van der Waals surface area contributed by atoms with Crippen LogP contribution in [0, 0.1) is 17.2 Å². The first-order valence-electron chi connectivity index (χ1n) is 6.86. The Kier molecular flexibility index (Phi) is 4.97. The second kappa shape index (κ2) is 6.92. The first kappa shape index (κ1) is 14.4. The van der Waals surface area contributed by atoms with Gasteiger partial charge in [0.15, 0.2) is 0 Å². The van der Waals surface area contributed by atoms with Crippen LogP contribution >= 0.6 is 0 Å². The van der Waals surface area contributed by atoms with Crippen molar-refractivity contribution in [3.63, 3.8) is 0 Å². The van der Waals surface area contributed by atoms with Crippen LogP contribution in [0.1, 0.15) is 18.9 Å². The summed E-state index contributed by atoms with van der Waals surface area (Å²) in [5, 5.41) is 11.6. The van der Waals surface area contributed by atoms with Gasteiger partial charge < -0.3 is 15.0 Å². The van der Waals surface area contributed by atoms with E-state index in [2.05, 4.69) is 11.4 Å². The SMILES string of the molecule is CCN(C[C@H]1CCOC1)C(=O)Nc1ccc(C#N)cc1. The molecule has 0 bridgehead atoms. The third-order valence-corrected chi connectivity index (χ3v) is 3.44. The minimum atomic E-state index is -0.107. The van der Waals surface area contributed by atoms with Crippen LogP contribution in [0.2, 0.25) is 0 Å². The van der Waals surface area contributed by atoms with E-state index in [4.69, 9.17) is 10.00 Å². The number of nitrogens with one attached hydrogen (secondary N) is 1. The second-order valence-electron chi connectivity index (χ2n) is 4.89. The third-order valence-electron chi connectivity index (χ3n) is 3.44. The summed E-state index contributed by atoms with van der Waals surface area (Å²) in [4.78, 5) is 14.0. The topological polar surface area (TPSA) is 65.4 Å². The van der Waals surface area contributed by atoms with Crippen molar-refractivity contribution in [2.45, 2.75) is 13.3 Å². The number of amides is 2. The van der Waals surface area contributed by atoms with Gasteiger partial charge in [0.2, 0.25) is 0 Å². The molecule has 106 valence electrons. The fourth-order valence-electron chi connectivity index (χ4n) is 2.23. The molecular weight excluding hydrogens is 254 g/mol. The molecular formula is C15H19N3O2. The van der Waals surface area contributed by atoms with Crippen molar-refractivity contribution in [1.29, 1.82) is 5.26 Å². The summed E-state index contributed by atoms with van der Waals surface area (Å²) < 4.78 is 5.34. The molecule has 0 aromatic heterocycles. The average Bonchev–Trinajstić information content (AvgIpc) is 2.98. The van der Waals surface area contributed by atoms with Gasteiger partial charge in [-0.1, -0.05) is 0 Å². The smallest absolute Gasteiger partial charge is 0.321 e. The number of nitriles is 1. The third kappa shape index (κ3) is 3.72. The van der Waals surface area contributed by atoms with E-state index in [0.29, 0.717) is 23.7 Å². The second-order valence-corrected chi connectivity index (χ2v) is 4.89. The van der Waals surface area contributed by atoms with Gasteiger partial charge in [0.1, 0.15) is 0 Å². The number of anilines is 1. The molecule has 0 unspecified atom stereocenters. The highest BCUT2D eigenvalue weighted by atomic mass is 16.5. The zero-order valence-corrected chi connectivity index (χ0v) is 11.6. The van der Waals surface area contributed by atoms with Gasteiger partial charge in [-0.2, -0.15) is 5.26 Å². The molecule has 20 heavy (non-hydrogen) atoms. The number of nitrogens with zero attached hydrogens (tertiary/aromatic N) is 2. The predicted octanol–water partition coefficient (Wildman–Crippen LogP) is 2.45. The lowest BCUT2D eigenvalue weighted by molar-refractivity contribution is 0.171. The van der Waals surface area contributed by atoms with E-state index in [1.54, 1.807) is 29.2 Å². The van der Waals surface area contributed by atoms with E-state index in [1.165, 1.54) is 0 Å². The molecule has 1 aromatic rings. The molecule has 1 fully saturated rings. The largest absolute Gasteiger partial charge is 0.381 e. The van der Waals surface area contributed by atoms with Crippen LogP contribution in [0.15, 0.2) is 24.3 Å². The summed E-state index contributed by atoms with van der Waals surface area (Å²) in [5.41, 5.74) is 1.29. The summed E-state index contributed by atoms with van der Waals surface area (Å²) in [6.07, 6.45) is 1.01. The summed E-state index contributed by atoms with van der Waals surface area (Å²) in [7, 11) is 0. The number of rotatable bonds is 4.